The van der Waals surface area contributed by atoms with Gasteiger partial charge in [0.1, 0.15) is 0 Å². The van der Waals surface area contributed by atoms with Crippen molar-refractivity contribution in [3.8, 4) is 0 Å². The molecule has 0 aromatic carbocycles. The summed E-state index contributed by atoms with van der Waals surface area (Å²) in [6.45, 7) is 2.54. The van der Waals surface area contributed by atoms with Gasteiger partial charge < -0.3 is 17.0 Å². The van der Waals surface area contributed by atoms with E-state index >= 15 is 0 Å². The zero-order chi connectivity index (χ0) is 10.1. The van der Waals surface area contributed by atoms with Gasteiger partial charge in [0.15, 0.2) is 11.9 Å². The minimum atomic E-state index is 0. The number of hydrogen-bond acceptors (Lipinski definition) is 1. The summed E-state index contributed by atoms with van der Waals surface area (Å²) in [5.74, 6) is 0.720. The SMILES string of the molecule is Cc1ccc(Br)c[n+]1CC(=O)C1CC1.[Br-]. The molecule has 2 rings (SSSR count). The molecule has 1 aliphatic carbocycles. The highest BCUT2D eigenvalue weighted by Crippen LogP contribution is 2.29. The van der Waals surface area contributed by atoms with Crippen LogP contribution in [0.1, 0.15) is 18.5 Å². The highest BCUT2D eigenvalue weighted by Gasteiger charge is 2.32. The van der Waals surface area contributed by atoms with E-state index in [1.165, 1.54) is 0 Å². The third-order valence-corrected chi connectivity index (χ3v) is 3.04. The van der Waals surface area contributed by atoms with Gasteiger partial charge in [-0.3, -0.25) is 4.79 Å². The van der Waals surface area contributed by atoms with Crippen molar-refractivity contribution in [2.45, 2.75) is 26.3 Å². The minimum Gasteiger partial charge on any atom is -1.00 e. The fourth-order valence-electron chi connectivity index (χ4n) is 1.46. The van der Waals surface area contributed by atoms with E-state index in [2.05, 4.69) is 15.9 Å². The molecule has 1 aromatic rings. The van der Waals surface area contributed by atoms with Crippen molar-refractivity contribution in [2.75, 3.05) is 0 Å². The van der Waals surface area contributed by atoms with E-state index in [0.717, 1.165) is 23.0 Å². The molecule has 1 aliphatic rings. The van der Waals surface area contributed by atoms with Gasteiger partial charge in [0.2, 0.25) is 12.3 Å². The molecule has 2 nitrogen and oxygen atoms in total. The van der Waals surface area contributed by atoms with E-state index < -0.39 is 0 Å². The number of nitrogens with zero attached hydrogens (tertiary/aromatic N) is 1. The molecule has 0 N–H and O–H groups in total. The van der Waals surface area contributed by atoms with Gasteiger partial charge in [-0.1, -0.05) is 0 Å². The molecule has 0 aliphatic heterocycles. The fourth-order valence-corrected chi connectivity index (χ4v) is 1.84. The molecule has 0 atom stereocenters. The Labute approximate surface area is 109 Å². The Hall–Kier alpha value is -0.220. The van der Waals surface area contributed by atoms with Crippen LogP contribution in [0.4, 0.5) is 0 Å². The average molecular weight is 335 g/mol. The third-order valence-electron chi connectivity index (χ3n) is 2.57. The molecule has 0 amide bonds. The van der Waals surface area contributed by atoms with Crippen LogP contribution in [0.5, 0.6) is 0 Å². The van der Waals surface area contributed by atoms with Crippen LogP contribution < -0.4 is 21.5 Å². The lowest BCUT2D eigenvalue weighted by Gasteiger charge is -1.99. The second-order valence-corrected chi connectivity index (χ2v) is 4.77. The van der Waals surface area contributed by atoms with Crippen LogP contribution in [0.15, 0.2) is 22.8 Å². The lowest BCUT2D eigenvalue weighted by molar-refractivity contribution is -0.691. The first-order chi connectivity index (χ1) is 6.66. The monoisotopic (exact) mass is 333 g/mol. The summed E-state index contributed by atoms with van der Waals surface area (Å²) in [5, 5.41) is 0. The van der Waals surface area contributed by atoms with Crippen molar-refractivity contribution in [1.29, 1.82) is 0 Å². The molecule has 0 radical (unpaired) electrons. The zero-order valence-electron chi connectivity index (χ0n) is 8.54. The van der Waals surface area contributed by atoms with Crippen molar-refractivity contribution in [1.82, 2.24) is 0 Å². The average Bonchev–Trinajstić information content (AvgIpc) is 2.94. The first-order valence-corrected chi connectivity index (χ1v) is 5.64. The fraction of sp³-hybridized carbons (Fsp3) is 0.455. The van der Waals surface area contributed by atoms with Crippen LogP contribution in [0.3, 0.4) is 0 Å². The van der Waals surface area contributed by atoms with E-state index in [1.54, 1.807) is 0 Å². The normalized spacial score (nSPS) is 14.5. The molecular formula is C11H13Br2NO. The number of aromatic nitrogens is 1. The van der Waals surface area contributed by atoms with Gasteiger partial charge >= 0.3 is 0 Å². The van der Waals surface area contributed by atoms with Crippen LogP contribution >= 0.6 is 15.9 Å². The molecule has 4 heteroatoms. The summed E-state index contributed by atoms with van der Waals surface area (Å²) in [6, 6.07) is 4.01. The maximum atomic E-state index is 11.6. The number of Topliss-reactive ketones (excluding diaryl/α,β-unsaturated/α-hetero) is 1. The molecule has 15 heavy (non-hydrogen) atoms. The molecule has 82 valence electrons. The molecule has 0 saturated heterocycles. The van der Waals surface area contributed by atoms with E-state index in [0.29, 0.717) is 18.2 Å². The first-order valence-electron chi connectivity index (χ1n) is 4.85. The van der Waals surface area contributed by atoms with Gasteiger partial charge in [-0.25, -0.2) is 0 Å². The van der Waals surface area contributed by atoms with Crippen LogP contribution in [0.25, 0.3) is 0 Å². The van der Waals surface area contributed by atoms with Gasteiger partial charge in [-0.05, 0) is 34.8 Å². The van der Waals surface area contributed by atoms with Crippen molar-refractivity contribution in [2.24, 2.45) is 5.92 Å². The third kappa shape index (κ3) is 3.38. The summed E-state index contributed by atoms with van der Waals surface area (Å²) >= 11 is 3.41. The van der Waals surface area contributed by atoms with E-state index in [4.69, 9.17) is 0 Å². The van der Waals surface area contributed by atoms with Crippen LogP contribution in [0, 0.1) is 12.8 Å². The zero-order valence-corrected chi connectivity index (χ0v) is 11.7. The topological polar surface area (TPSA) is 20.9 Å². The van der Waals surface area contributed by atoms with Crippen molar-refractivity contribution in [3.63, 3.8) is 0 Å². The number of ketones is 1. The number of halogens is 2. The number of carbonyl (C=O) groups is 1. The van der Waals surface area contributed by atoms with Gasteiger partial charge in [-0.15, -0.1) is 0 Å². The number of pyridine rings is 1. The lowest BCUT2D eigenvalue weighted by Crippen LogP contribution is -3.00. The predicted octanol–water partition coefficient (Wildman–Crippen LogP) is -0.972. The molecule has 0 unspecified atom stereocenters. The number of aryl methyl sites for hydroxylation is 1. The maximum absolute atomic E-state index is 11.6. The predicted molar refractivity (Wildman–Crippen MR) is 56.8 cm³/mol. The minimum absolute atomic E-state index is 0. The summed E-state index contributed by atoms with van der Waals surface area (Å²) < 4.78 is 3.02. The Morgan fingerprint density at radius 3 is 2.80 bits per heavy atom. The summed E-state index contributed by atoms with van der Waals surface area (Å²) in [4.78, 5) is 11.6. The van der Waals surface area contributed by atoms with Crippen LogP contribution in [-0.2, 0) is 11.3 Å². The standard InChI is InChI=1S/C11H13BrNO.BrH/c1-8-2-5-10(12)6-13(8)7-11(14)9-3-4-9;/h2,5-6,9H,3-4,7H2,1H3;1H/q+1;/p-1. The Morgan fingerprint density at radius 2 is 2.20 bits per heavy atom. The summed E-state index contributed by atoms with van der Waals surface area (Å²) in [5.41, 5.74) is 1.13. The Kier molecular flexibility index (Phi) is 4.46. The number of hydrogen-bond donors (Lipinski definition) is 0. The summed E-state index contributed by atoms with van der Waals surface area (Å²) in [6.07, 6.45) is 4.15. The maximum Gasteiger partial charge on any atom is 0.207 e. The quantitative estimate of drug-likeness (QED) is 0.652. The molecular weight excluding hydrogens is 322 g/mol. The molecule has 1 saturated carbocycles. The molecule has 0 spiro atoms. The molecule has 1 heterocycles. The second kappa shape index (κ2) is 5.21. The van der Waals surface area contributed by atoms with Gasteiger partial charge in [0.05, 0.1) is 4.47 Å². The summed E-state index contributed by atoms with van der Waals surface area (Å²) in [7, 11) is 0. The smallest absolute Gasteiger partial charge is 0.207 e. The Balaban J connectivity index is 0.00000112. The van der Waals surface area contributed by atoms with Crippen molar-refractivity contribution >= 4 is 21.7 Å². The van der Waals surface area contributed by atoms with E-state index in [9.17, 15) is 4.79 Å². The largest absolute Gasteiger partial charge is 1.00 e. The Morgan fingerprint density at radius 1 is 1.53 bits per heavy atom. The second-order valence-electron chi connectivity index (χ2n) is 3.86. The first kappa shape index (κ1) is 12.8. The van der Waals surface area contributed by atoms with Crippen LogP contribution in [-0.4, -0.2) is 5.78 Å². The van der Waals surface area contributed by atoms with Crippen LogP contribution in [0.2, 0.25) is 0 Å². The molecule has 0 bridgehead atoms. The van der Waals surface area contributed by atoms with Crippen molar-refractivity contribution < 1.29 is 26.3 Å². The number of carbonyl (C=O) groups excluding carboxylic acids is 1. The van der Waals surface area contributed by atoms with Gasteiger partial charge in [-0.2, -0.15) is 4.57 Å². The Bertz CT molecular complexity index is 375. The molecule has 1 aromatic heterocycles. The lowest BCUT2D eigenvalue weighted by atomic mass is 10.2. The van der Waals surface area contributed by atoms with Gasteiger partial charge in [0, 0.05) is 18.9 Å². The van der Waals surface area contributed by atoms with E-state index in [-0.39, 0.29) is 17.0 Å². The number of rotatable bonds is 3. The highest BCUT2D eigenvalue weighted by molar-refractivity contribution is 9.10. The van der Waals surface area contributed by atoms with E-state index in [1.807, 2.05) is 29.8 Å². The van der Waals surface area contributed by atoms with Crippen molar-refractivity contribution in [3.05, 3.63) is 28.5 Å². The highest BCUT2D eigenvalue weighted by atomic mass is 79.9. The molecule has 1 fully saturated rings. The van der Waals surface area contributed by atoms with Gasteiger partial charge in [0.25, 0.3) is 0 Å².